The highest BCUT2D eigenvalue weighted by Gasteiger charge is 2.11. The summed E-state index contributed by atoms with van der Waals surface area (Å²) in [6, 6.07) is 4.87. The van der Waals surface area contributed by atoms with Crippen LogP contribution in [0, 0.1) is 13.8 Å². The van der Waals surface area contributed by atoms with E-state index in [1.54, 1.807) is 12.1 Å². The molecule has 3 amide bonds. The summed E-state index contributed by atoms with van der Waals surface area (Å²) in [5.41, 5.74) is 2.02. The lowest BCUT2D eigenvalue weighted by atomic mass is 10.1. The zero-order valence-electron chi connectivity index (χ0n) is 13.2. The van der Waals surface area contributed by atoms with Gasteiger partial charge in [-0.3, -0.25) is 10.1 Å². The standard InChI is InChI=1S/C16H20N2O5/c1-4-5-17-16(21)18-14(19)9-23-15(20)10-22-13-7-11(2)6-12(3)8-13/h4,6-8H,1,5,9-10H2,2-3H3,(H2,17,18,19,21). The molecule has 0 aliphatic rings. The van der Waals surface area contributed by atoms with Crippen LogP contribution in [-0.4, -0.2) is 37.7 Å². The summed E-state index contributed by atoms with van der Waals surface area (Å²) in [5, 5.41) is 4.36. The first-order chi connectivity index (χ1) is 10.9. The first kappa shape index (κ1) is 18.2. The quantitative estimate of drug-likeness (QED) is 0.582. The Morgan fingerprint density at radius 3 is 2.39 bits per heavy atom. The fourth-order valence-corrected chi connectivity index (χ4v) is 1.72. The fraction of sp³-hybridized carbons (Fsp3) is 0.312. The summed E-state index contributed by atoms with van der Waals surface area (Å²) in [5.74, 6) is -0.884. The fourth-order valence-electron chi connectivity index (χ4n) is 1.72. The molecule has 0 saturated carbocycles. The topological polar surface area (TPSA) is 93.7 Å². The van der Waals surface area contributed by atoms with Crippen molar-refractivity contribution in [1.29, 1.82) is 0 Å². The average molecular weight is 320 g/mol. The van der Waals surface area contributed by atoms with Crippen molar-refractivity contribution in [3.63, 3.8) is 0 Å². The minimum absolute atomic E-state index is 0.225. The van der Waals surface area contributed by atoms with Crippen molar-refractivity contribution in [2.75, 3.05) is 19.8 Å². The number of benzene rings is 1. The lowest BCUT2D eigenvalue weighted by Gasteiger charge is -2.09. The van der Waals surface area contributed by atoms with Gasteiger partial charge in [0.2, 0.25) is 0 Å². The molecular formula is C16H20N2O5. The van der Waals surface area contributed by atoms with Crippen LogP contribution in [0.4, 0.5) is 4.79 Å². The Hall–Kier alpha value is -2.83. The Balaban J connectivity index is 2.29. The summed E-state index contributed by atoms with van der Waals surface area (Å²) in [7, 11) is 0. The highest BCUT2D eigenvalue weighted by molar-refractivity contribution is 5.95. The zero-order valence-corrected chi connectivity index (χ0v) is 13.2. The van der Waals surface area contributed by atoms with Gasteiger partial charge in [-0.15, -0.1) is 6.58 Å². The number of carbonyl (C=O) groups excluding carboxylic acids is 3. The SMILES string of the molecule is C=CCNC(=O)NC(=O)COC(=O)COc1cc(C)cc(C)c1. The molecule has 1 aromatic rings. The van der Waals surface area contributed by atoms with Crippen LogP contribution in [0.3, 0.4) is 0 Å². The number of aryl methyl sites for hydroxylation is 2. The number of ether oxygens (including phenoxy) is 2. The lowest BCUT2D eigenvalue weighted by Crippen LogP contribution is -2.41. The molecule has 0 spiro atoms. The second kappa shape index (κ2) is 9.24. The number of carbonyl (C=O) groups is 3. The second-order valence-electron chi connectivity index (χ2n) is 4.82. The Morgan fingerprint density at radius 2 is 1.78 bits per heavy atom. The predicted molar refractivity (Wildman–Crippen MR) is 84.1 cm³/mol. The number of rotatable bonds is 7. The second-order valence-corrected chi connectivity index (χ2v) is 4.82. The largest absolute Gasteiger partial charge is 0.482 e. The molecule has 0 saturated heterocycles. The van der Waals surface area contributed by atoms with Crippen LogP contribution in [0.1, 0.15) is 11.1 Å². The summed E-state index contributed by atoms with van der Waals surface area (Å²) in [6.45, 7) is 6.60. The molecule has 0 fully saturated rings. The number of esters is 1. The lowest BCUT2D eigenvalue weighted by molar-refractivity contribution is -0.150. The minimum Gasteiger partial charge on any atom is -0.482 e. The van der Waals surface area contributed by atoms with Gasteiger partial charge >= 0.3 is 12.0 Å². The van der Waals surface area contributed by atoms with Crippen LogP contribution >= 0.6 is 0 Å². The van der Waals surface area contributed by atoms with E-state index in [0.717, 1.165) is 11.1 Å². The predicted octanol–water partition coefficient (Wildman–Crippen LogP) is 1.24. The van der Waals surface area contributed by atoms with E-state index in [4.69, 9.17) is 9.47 Å². The molecule has 124 valence electrons. The molecule has 7 nitrogen and oxygen atoms in total. The Kier molecular flexibility index (Phi) is 7.32. The van der Waals surface area contributed by atoms with Crippen LogP contribution < -0.4 is 15.4 Å². The molecule has 0 heterocycles. The molecular weight excluding hydrogens is 300 g/mol. The zero-order chi connectivity index (χ0) is 17.2. The van der Waals surface area contributed by atoms with Crippen molar-refractivity contribution in [1.82, 2.24) is 10.6 Å². The van der Waals surface area contributed by atoms with Gasteiger partial charge in [0.1, 0.15) is 5.75 Å². The van der Waals surface area contributed by atoms with Crippen molar-refractivity contribution < 1.29 is 23.9 Å². The van der Waals surface area contributed by atoms with Crippen LogP contribution in [0.15, 0.2) is 30.9 Å². The highest BCUT2D eigenvalue weighted by atomic mass is 16.6. The molecule has 0 bridgehead atoms. The molecule has 2 N–H and O–H groups in total. The Bertz CT molecular complexity index is 578. The number of amides is 3. The maximum atomic E-state index is 11.5. The number of nitrogens with one attached hydrogen (secondary N) is 2. The monoisotopic (exact) mass is 320 g/mol. The van der Waals surface area contributed by atoms with Crippen molar-refractivity contribution in [2.24, 2.45) is 0 Å². The number of hydrogen-bond acceptors (Lipinski definition) is 5. The van der Waals surface area contributed by atoms with Crippen LogP contribution in [0.5, 0.6) is 5.75 Å². The van der Waals surface area contributed by atoms with Crippen molar-refractivity contribution in [3.05, 3.63) is 42.0 Å². The van der Waals surface area contributed by atoms with Crippen molar-refractivity contribution in [2.45, 2.75) is 13.8 Å². The smallest absolute Gasteiger partial charge is 0.344 e. The van der Waals surface area contributed by atoms with Gasteiger partial charge < -0.3 is 14.8 Å². The third-order valence-electron chi connectivity index (χ3n) is 2.58. The van der Waals surface area contributed by atoms with Crippen LogP contribution in [0.2, 0.25) is 0 Å². The van der Waals surface area contributed by atoms with E-state index in [0.29, 0.717) is 5.75 Å². The van der Waals surface area contributed by atoms with Gasteiger partial charge in [0.25, 0.3) is 5.91 Å². The summed E-state index contributed by atoms with van der Waals surface area (Å²) < 4.78 is 10.0. The van der Waals surface area contributed by atoms with E-state index in [1.807, 2.05) is 25.2 Å². The summed E-state index contributed by atoms with van der Waals surface area (Å²) in [6.07, 6.45) is 1.47. The molecule has 0 aromatic heterocycles. The molecule has 23 heavy (non-hydrogen) atoms. The van der Waals surface area contributed by atoms with E-state index < -0.39 is 24.5 Å². The van der Waals surface area contributed by atoms with Gasteiger partial charge in [-0.1, -0.05) is 12.1 Å². The van der Waals surface area contributed by atoms with Crippen molar-refractivity contribution in [3.8, 4) is 5.75 Å². The van der Waals surface area contributed by atoms with E-state index >= 15 is 0 Å². The third kappa shape index (κ3) is 7.66. The maximum absolute atomic E-state index is 11.5. The first-order valence-electron chi connectivity index (χ1n) is 6.96. The van der Waals surface area contributed by atoms with Gasteiger partial charge in [0.05, 0.1) is 0 Å². The average Bonchev–Trinajstić information content (AvgIpc) is 2.48. The molecule has 0 aliphatic carbocycles. The van der Waals surface area contributed by atoms with Crippen LogP contribution in [-0.2, 0) is 14.3 Å². The normalized spacial score (nSPS) is 9.65. The minimum atomic E-state index is -0.730. The van der Waals surface area contributed by atoms with Gasteiger partial charge in [-0.25, -0.2) is 9.59 Å². The number of imide groups is 1. The van der Waals surface area contributed by atoms with Gasteiger partial charge in [0.15, 0.2) is 13.2 Å². The molecule has 0 unspecified atom stereocenters. The van der Waals surface area contributed by atoms with Gasteiger partial charge in [0, 0.05) is 6.54 Å². The molecule has 1 rings (SSSR count). The first-order valence-corrected chi connectivity index (χ1v) is 6.96. The third-order valence-corrected chi connectivity index (χ3v) is 2.58. The van der Waals surface area contributed by atoms with Crippen molar-refractivity contribution >= 4 is 17.9 Å². The van der Waals surface area contributed by atoms with Gasteiger partial charge in [-0.2, -0.15) is 0 Å². The Labute approximate surface area is 134 Å². The number of urea groups is 1. The summed E-state index contributed by atoms with van der Waals surface area (Å²) >= 11 is 0. The molecule has 0 atom stereocenters. The van der Waals surface area contributed by atoms with E-state index in [9.17, 15) is 14.4 Å². The molecule has 0 aliphatic heterocycles. The highest BCUT2D eigenvalue weighted by Crippen LogP contribution is 2.15. The van der Waals surface area contributed by atoms with E-state index in [2.05, 4.69) is 11.9 Å². The van der Waals surface area contributed by atoms with E-state index in [1.165, 1.54) is 6.08 Å². The van der Waals surface area contributed by atoms with E-state index in [-0.39, 0.29) is 13.2 Å². The maximum Gasteiger partial charge on any atom is 0.344 e. The summed E-state index contributed by atoms with van der Waals surface area (Å²) in [4.78, 5) is 34.1. The Morgan fingerprint density at radius 1 is 1.13 bits per heavy atom. The van der Waals surface area contributed by atoms with Gasteiger partial charge in [-0.05, 0) is 37.1 Å². The molecule has 1 aromatic carbocycles. The molecule has 7 heteroatoms. The molecule has 0 radical (unpaired) electrons. The van der Waals surface area contributed by atoms with Crippen LogP contribution in [0.25, 0.3) is 0 Å². The number of hydrogen-bond donors (Lipinski definition) is 2.